The Balaban J connectivity index is 2.17. The predicted octanol–water partition coefficient (Wildman–Crippen LogP) is 2.87. The van der Waals surface area contributed by atoms with Crippen molar-refractivity contribution in [1.29, 1.82) is 0 Å². The number of fused-ring (bicyclic) bond motifs is 1. The largest absolute Gasteiger partial charge is 0.495 e. The fraction of sp³-hybridized carbons (Fsp3) is 0.0714. The number of hydrogen-bond donors (Lipinski definition) is 3. The van der Waals surface area contributed by atoms with Crippen LogP contribution in [0.1, 0.15) is 10.5 Å². The van der Waals surface area contributed by atoms with Crippen molar-refractivity contribution in [3.63, 3.8) is 0 Å². The first-order valence-electron chi connectivity index (χ1n) is 5.77. The van der Waals surface area contributed by atoms with Crippen LogP contribution in [-0.2, 0) is 0 Å². The summed E-state index contributed by atoms with van der Waals surface area (Å²) in [7, 11) is 1.62. The SMILES string of the molecule is COc1cccc2c(-c3ccc(C(=O)O)[nH]3)c[nH]c12. The zero-order valence-electron chi connectivity index (χ0n) is 10.2. The second kappa shape index (κ2) is 4.20. The molecule has 1 aromatic carbocycles. The number of benzene rings is 1. The average molecular weight is 256 g/mol. The molecule has 3 rings (SSSR count). The van der Waals surface area contributed by atoms with Crippen molar-refractivity contribution in [1.82, 2.24) is 9.97 Å². The van der Waals surface area contributed by atoms with Gasteiger partial charge in [-0.25, -0.2) is 4.79 Å². The van der Waals surface area contributed by atoms with E-state index in [1.807, 2.05) is 24.4 Å². The minimum Gasteiger partial charge on any atom is -0.495 e. The molecule has 0 aliphatic rings. The Morgan fingerprint density at radius 3 is 2.79 bits per heavy atom. The van der Waals surface area contributed by atoms with Gasteiger partial charge in [-0.05, 0) is 18.2 Å². The number of aromatic carboxylic acids is 1. The lowest BCUT2D eigenvalue weighted by atomic mass is 10.1. The summed E-state index contributed by atoms with van der Waals surface area (Å²) in [5, 5.41) is 9.92. The van der Waals surface area contributed by atoms with Gasteiger partial charge in [0.25, 0.3) is 0 Å². The molecule has 5 heteroatoms. The number of aromatic nitrogens is 2. The van der Waals surface area contributed by atoms with Crippen molar-refractivity contribution in [2.75, 3.05) is 7.11 Å². The van der Waals surface area contributed by atoms with Gasteiger partial charge in [-0.1, -0.05) is 12.1 Å². The highest BCUT2D eigenvalue weighted by atomic mass is 16.5. The molecule has 0 bridgehead atoms. The van der Waals surface area contributed by atoms with Crippen molar-refractivity contribution in [2.24, 2.45) is 0 Å². The van der Waals surface area contributed by atoms with E-state index in [4.69, 9.17) is 9.84 Å². The summed E-state index contributed by atoms with van der Waals surface area (Å²) >= 11 is 0. The monoisotopic (exact) mass is 256 g/mol. The van der Waals surface area contributed by atoms with Crippen LogP contribution in [0.5, 0.6) is 5.75 Å². The highest BCUT2D eigenvalue weighted by Crippen LogP contribution is 2.32. The maximum absolute atomic E-state index is 10.9. The minimum atomic E-state index is -0.969. The molecule has 2 heterocycles. The molecule has 0 aliphatic carbocycles. The highest BCUT2D eigenvalue weighted by Gasteiger charge is 2.12. The third kappa shape index (κ3) is 1.76. The first-order chi connectivity index (χ1) is 9.20. The summed E-state index contributed by atoms with van der Waals surface area (Å²) in [6, 6.07) is 9.05. The molecule has 2 aromatic heterocycles. The van der Waals surface area contributed by atoms with Crippen LogP contribution in [0.15, 0.2) is 36.5 Å². The third-order valence-electron chi connectivity index (χ3n) is 3.10. The summed E-state index contributed by atoms with van der Waals surface area (Å²) < 4.78 is 5.28. The topological polar surface area (TPSA) is 78.1 Å². The van der Waals surface area contributed by atoms with Crippen molar-refractivity contribution in [3.8, 4) is 17.0 Å². The summed E-state index contributed by atoms with van der Waals surface area (Å²) in [5.41, 5.74) is 2.75. The number of rotatable bonds is 3. The maximum Gasteiger partial charge on any atom is 0.352 e. The van der Waals surface area contributed by atoms with Crippen LogP contribution < -0.4 is 4.74 Å². The number of carbonyl (C=O) groups is 1. The van der Waals surface area contributed by atoms with E-state index >= 15 is 0 Å². The summed E-state index contributed by atoms with van der Waals surface area (Å²) in [6.07, 6.45) is 1.84. The van der Waals surface area contributed by atoms with Gasteiger partial charge in [0, 0.05) is 22.8 Å². The number of aromatic amines is 2. The third-order valence-corrected chi connectivity index (χ3v) is 3.10. The van der Waals surface area contributed by atoms with Gasteiger partial charge in [0.1, 0.15) is 11.4 Å². The Kier molecular flexibility index (Phi) is 2.52. The van der Waals surface area contributed by atoms with E-state index < -0.39 is 5.97 Å². The fourth-order valence-electron chi connectivity index (χ4n) is 2.20. The Bertz CT molecular complexity index is 755. The number of H-pyrrole nitrogens is 2. The molecule has 0 unspecified atom stereocenters. The number of methoxy groups -OCH3 is 1. The molecule has 0 radical (unpaired) electrons. The molecular formula is C14H12N2O3. The molecule has 3 aromatic rings. The van der Waals surface area contributed by atoms with E-state index in [2.05, 4.69) is 9.97 Å². The lowest BCUT2D eigenvalue weighted by Crippen LogP contribution is -1.95. The minimum absolute atomic E-state index is 0.173. The zero-order valence-corrected chi connectivity index (χ0v) is 10.2. The lowest BCUT2D eigenvalue weighted by molar-refractivity contribution is 0.0691. The van der Waals surface area contributed by atoms with Crippen LogP contribution in [0.3, 0.4) is 0 Å². The Morgan fingerprint density at radius 1 is 1.26 bits per heavy atom. The van der Waals surface area contributed by atoms with Crippen LogP contribution in [0.2, 0.25) is 0 Å². The molecule has 0 saturated heterocycles. The van der Waals surface area contributed by atoms with Gasteiger partial charge < -0.3 is 19.8 Å². The van der Waals surface area contributed by atoms with E-state index in [1.165, 1.54) is 0 Å². The van der Waals surface area contributed by atoms with Crippen LogP contribution in [0.25, 0.3) is 22.2 Å². The Hall–Kier alpha value is -2.69. The normalized spacial score (nSPS) is 10.8. The van der Waals surface area contributed by atoms with Gasteiger partial charge in [-0.3, -0.25) is 0 Å². The molecule has 19 heavy (non-hydrogen) atoms. The Morgan fingerprint density at radius 2 is 2.11 bits per heavy atom. The van der Waals surface area contributed by atoms with Gasteiger partial charge in [-0.15, -0.1) is 0 Å². The highest BCUT2D eigenvalue weighted by molar-refractivity contribution is 5.98. The first kappa shape index (κ1) is 11.4. The second-order valence-corrected chi connectivity index (χ2v) is 4.18. The number of nitrogens with one attached hydrogen (secondary N) is 2. The van der Waals surface area contributed by atoms with E-state index in [0.717, 1.165) is 27.9 Å². The van der Waals surface area contributed by atoms with Gasteiger partial charge in [0.15, 0.2) is 0 Å². The first-order valence-corrected chi connectivity index (χ1v) is 5.77. The smallest absolute Gasteiger partial charge is 0.352 e. The molecule has 0 amide bonds. The molecule has 0 fully saturated rings. The average Bonchev–Trinajstić information content (AvgIpc) is 3.04. The maximum atomic E-state index is 10.9. The Labute approximate surface area is 108 Å². The molecule has 5 nitrogen and oxygen atoms in total. The molecule has 0 saturated carbocycles. The van der Waals surface area contributed by atoms with Gasteiger partial charge in [0.05, 0.1) is 12.6 Å². The van der Waals surface area contributed by atoms with E-state index in [-0.39, 0.29) is 5.69 Å². The van der Waals surface area contributed by atoms with E-state index in [9.17, 15) is 4.79 Å². The molecule has 0 spiro atoms. The quantitative estimate of drug-likeness (QED) is 0.674. The predicted molar refractivity (Wildman–Crippen MR) is 71.6 cm³/mol. The number of ether oxygens (including phenoxy) is 1. The summed E-state index contributed by atoms with van der Waals surface area (Å²) in [6.45, 7) is 0. The van der Waals surface area contributed by atoms with Crippen LogP contribution >= 0.6 is 0 Å². The molecular weight excluding hydrogens is 244 g/mol. The van der Waals surface area contributed by atoms with Crippen molar-refractivity contribution >= 4 is 16.9 Å². The van der Waals surface area contributed by atoms with Crippen molar-refractivity contribution in [2.45, 2.75) is 0 Å². The lowest BCUT2D eigenvalue weighted by Gasteiger charge is -2.01. The van der Waals surface area contributed by atoms with Crippen molar-refractivity contribution in [3.05, 3.63) is 42.2 Å². The number of carboxylic acids is 1. The summed E-state index contributed by atoms with van der Waals surface area (Å²) in [4.78, 5) is 16.9. The number of para-hydroxylation sites is 1. The summed E-state index contributed by atoms with van der Waals surface area (Å²) in [5.74, 6) is -0.211. The molecule has 96 valence electrons. The van der Waals surface area contributed by atoms with Crippen molar-refractivity contribution < 1.29 is 14.6 Å². The van der Waals surface area contributed by atoms with Crippen LogP contribution in [0.4, 0.5) is 0 Å². The molecule has 3 N–H and O–H groups in total. The number of hydrogen-bond acceptors (Lipinski definition) is 2. The van der Waals surface area contributed by atoms with E-state index in [0.29, 0.717) is 0 Å². The van der Waals surface area contributed by atoms with Crippen LogP contribution in [-0.4, -0.2) is 28.2 Å². The standard InChI is InChI=1S/C14H12N2O3/c1-19-12-4-2-3-8-9(7-15-13(8)12)10-5-6-11(16-10)14(17)18/h2-7,15-16H,1H3,(H,17,18). The van der Waals surface area contributed by atoms with Gasteiger partial charge in [0.2, 0.25) is 0 Å². The van der Waals surface area contributed by atoms with E-state index in [1.54, 1.807) is 19.2 Å². The molecule has 0 aliphatic heterocycles. The fourth-order valence-corrected chi connectivity index (χ4v) is 2.20. The second-order valence-electron chi connectivity index (χ2n) is 4.18. The van der Waals surface area contributed by atoms with Gasteiger partial charge >= 0.3 is 5.97 Å². The van der Waals surface area contributed by atoms with Gasteiger partial charge in [-0.2, -0.15) is 0 Å². The van der Waals surface area contributed by atoms with Crippen LogP contribution in [0, 0.1) is 0 Å². The zero-order chi connectivity index (χ0) is 13.4. The number of carboxylic acid groups (broad SMARTS) is 1. The molecule has 0 atom stereocenters.